The standard InChI is InChI=1S/C19H16N8O10S3/c20-17-23-18(21)25-19(24-17)22-11-7-9(38(29,30)31)5-8-6-13(40(35,36)37)15(16(28)14(8)11)27-26-10-3-1-2-4-12(10)39(32,33)34/h1-7,28H,(H,29,30,31)(H,32,33,34)(H,35,36,37)(H5,20,21,22,23,24,25). The van der Waals surface area contributed by atoms with Gasteiger partial charge >= 0.3 is 0 Å². The van der Waals surface area contributed by atoms with E-state index in [4.69, 9.17) is 11.5 Å². The summed E-state index contributed by atoms with van der Waals surface area (Å²) in [6.07, 6.45) is 0. The molecule has 9 N–H and O–H groups in total. The maximum Gasteiger partial charge on any atom is 0.296 e. The van der Waals surface area contributed by atoms with Crippen LogP contribution in [0.25, 0.3) is 10.8 Å². The molecule has 3 aromatic carbocycles. The lowest BCUT2D eigenvalue weighted by Crippen LogP contribution is -2.08. The fourth-order valence-corrected chi connectivity index (χ4v) is 5.27. The van der Waals surface area contributed by atoms with Gasteiger partial charge in [0.2, 0.25) is 17.8 Å². The number of nitrogens with two attached hydrogens (primary N) is 2. The second-order valence-electron chi connectivity index (χ2n) is 7.73. The van der Waals surface area contributed by atoms with Gasteiger partial charge in [0.05, 0.1) is 10.6 Å². The Balaban J connectivity index is 2.06. The Morgan fingerprint density at radius 1 is 0.750 bits per heavy atom. The Morgan fingerprint density at radius 3 is 1.93 bits per heavy atom. The van der Waals surface area contributed by atoms with Gasteiger partial charge in [-0.15, -0.1) is 10.2 Å². The lowest BCUT2D eigenvalue weighted by atomic mass is 10.1. The first kappa shape index (κ1) is 28.5. The molecule has 0 aliphatic heterocycles. The van der Waals surface area contributed by atoms with E-state index >= 15 is 0 Å². The summed E-state index contributed by atoms with van der Waals surface area (Å²) in [5.74, 6) is -2.08. The van der Waals surface area contributed by atoms with Crippen LogP contribution in [0.15, 0.2) is 67.4 Å². The summed E-state index contributed by atoms with van der Waals surface area (Å²) in [5.41, 5.74) is 9.32. The molecule has 0 radical (unpaired) electrons. The number of aromatic hydroxyl groups is 1. The minimum Gasteiger partial charge on any atom is -0.505 e. The molecule has 21 heteroatoms. The molecule has 0 amide bonds. The molecule has 0 bridgehead atoms. The minimum absolute atomic E-state index is 0.352. The maximum absolute atomic E-state index is 12.2. The zero-order valence-electron chi connectivity index (χ0n) is 19.4. The van der Waals surface area contributed by atoms with Crippen molar-refractivity contribution in [3.63, 3.8) is 0 Å². The average Bonchev–Trinajstić information content (AvgIpc) is 2.80. The van der Waals surface area contributed by atoms with Crippen LogP contribution in [0.3, 0.4) is 0 Å². The highest BCUT2D eigenvalue weighted by Crippen LogP contribution is 2.45. The van der Waals surface area contributed by atoms with Crippen LogP contribution in [0.1, 0.15) is 0 Å². The van der Waals surface area contributed by atoms with Crippen LogP contribution in [0, 0.1) is 0 Å². The van der Waals surface area contributed by atoms with Crippen molar-refractivity contribution in [1.82, 2.24) is 15.0 Å². The van der Waals surface area contributed by atoms with Gasteiger partial charge in [-0.1, -0.05) is 12.1 Å². The number of nitrogens with one attached hydrogen (secondary N) is 1. The van der Waals surface area contributed by atoms with E-state index in [2.05, 4.69) is 30.5 Å². The molecule has 1 aromatic heterocycles. The number of nitrogens with zero attached hydrogens (tertiary/aromatic N) is 5. The van der Waals surface area contributed by atoms with E-state index in [-0.39, 0.29) is 34.3 Å². The summed E-state index contributed by atoms with van der Waals surface area (Å²) in [6, 6.07) is 6.92. The quantitative estimate of drug-likeness (QED) is 0.115. The van der Waals surface area contributed by atoms with Crippen LogP contribution in [-0.2, 0) is 30.4 Å². The highest BCUT2D eigenvalue weighted by atomic mass is 32.2. The monoisotopic (exact) mass is 612 g/mol. The number of rotatable bonds is 7. The number of phenols is 1. The number of nitrogen functional groups attached to an aromatic ring is 2. The SMILES string of the molecule is Nc1nc(N)nc(Nc2cc(S(=O)(=O)O)cc3cc(S(=O)(=O)O)c(N=Nc4ccccc4S(=O)(=O)O)c(O)c23)n1. The van der Waals surface area contributed by atoms with Gasteiger partial charge in [0.1, 0.15) is 21.2 Å². The highest BCUT2D eigenvalue weighted by Gasteiger charge is 2.26. The third kappa shape index (κ3) is 5.88. The number of benzene rings is 3. The third-order valence-corrected chi connectivity index (χ3v) is 7.62. The number of anilines is 4. The molecule has 0 atom stereocenters. The maximum atomic E-state index is 12.2. The van der Waals surface area contributed by atoms with E-state index < -0.39 is 62.2 Å². The predicted octanol–water partition coefficient (Wildman–Crippen LogP) is 1.79. The van der Waals surface area contributed by atoms with E-state index in [1.54, 1.807) is 0 Å². The Labute approximate surface area is 224 Å². The summed E-state index contributed by atoms with van der Waals surface area (Å²) in [6.45, 7) is 0. The molecule has 18 nitrogen and oxygen atoms in total. The zero-order valence-corrected chi connectivity index (χ0v) is 21.8. The largest absolute Gasteiger partial charge is 0.505 e. The van der Waals surface area contributed by atoms with Gasteiger partial charge < -0.3 is 21.9 Å². The second kappa shape index (κ2) is 9.89. The minimum atomic E-state index is -5.20. The molecule has 0 unspecified atom stereocenters. The molecule has 0 saturated heterocycles. The summed E-state index contributed by atoms with van der Waals surface area (Å²) in [5, 5.41) is 20.1. The molecule has 1 heterocycles. The van der Waals surface area contributed by atoms with Crippen LogP contribution in [0.5, 0.6) is 5.75 Å². The van der Waals surface area contributed by atoms with Crippen molar-refractivity contribution in [2.24, 2.45) is 10.2 Å². The summed E-state index contributed by atoms with van der Waals surface area (Å²) >= 11 is 0. The van der Waals surface area contributed by atoms with Crippen LogP contribution in [-0.4, -0.2) is 59.0 Å². The van der Waals surface area contributed by atoms with Gasteiger partial charge in [0, 0.05) is 5.39 Å². The van der Waals surface area contributed by atoms with Gasteiger partial charge in [0.25, 0.3) is 30.4 Å². The molecule has 4 rings (SSSR count). The Kier molecular flexibility index (Phi) is 7.04. The molecule has 0 fully saturated rings. The summed E-state index contributed by atoms with van der Waals surface area (Å²) in [4.78, 5) is 8.51. The molecule has 0 aliphatic carbocycles. The van der Waals surface area contributed by atoms with Crippen molar-refractivity contribution in [2.75, 3.05) is 16.8 Å². The number of phenolic OH excluding ortho intramolecular Hbond substituents is 1. The number of hydrogen-bond acceptors (Lipinski definition) is 15. The molecule has 0 saturated carbocycles. The van der Waals surface area contributed by atoms with Crippen LogP contribution >= 0.6 is 0 Å². The topological polar surface area (TPSA) is 311 Å². The highest BCUT2D eigenvalue weighted by molar-refractivity contribution is 7.86. The molecule has 0 aliphatic rings. The first-order valence-electron chi connectivity index (χ1n) is 10.3. The molecular weight excluding hydrogens is 596 g/mol. The smallest absolute Gasteiger partial charge is 0.296 e. The lowest BCUT2D eigenvalue weighted by Gasteiger charge is -2.15. The molecular formula is C19H16N8O10S3. The predicted molar refractivity (Wildman–Crippen MR) is 138 cm³/mol. The number of fused-ring (bicyclic) bond motifs is 1. The van der Waals surface area contributed by atoms with Crippen molar-refractivity contribution in [3.8, 4) is 5.75 Å². The van der Waals surface area contributed by atoms with Crippen molar-refractivity contribution in [3.05, 3.63) is 42.5 Å². The first-order chi connectivity index (χ1) is 18.4. The number of azo groups is 1. The third-order valence-electron chi connectivity index (χ3n) is 5.02. The zero-order chi connectivity index (χ0) is 29.6. The Morgan fingerprint density at radius 2 is 1.35 bits per heavy atom. The van der Waals surface area contributed by atoms with E-state index in [9.17, 15) is 44.0 Å². The van der Waals surface area contributed by atoms with Crippen molar-refractivity contribution in [1.29, 1.82) is 0 Å². The van der Waals surface area contributed by atoms with Gasteiger partial charge in [0.15, 0.2) is 5.75 Å². The van der Waals surface area contributed by atoms with E-state index in [1.165, 1.54) is 12.1 Å². The second-order valence-corrected chi connectivity index (χ2v) is 11.9. The molecule has 4 aromatic rings. The fourth-order valence-electron chi connectivity index (χ4n) is 3.45. The van der Waals surface area contributed by atoms with Crippen molar-refractivity contribution in [2.45, 2.75) is 14.7 Å². The van der Waals surface area contributed by atoms with E-state index in [0.29, 0.717) is 6.07 Å². The number of hydrogen-bond donors (Lipinski definition) is 7. The first-order valence-corrected chi connectivity index (χ1v) is 14.6. The van der Waals surface area contributed by atoms with Crippen LogP contribution in [0.4, 0.5) is 34.9 Å². The lowest BCUT2D eigenvalue weighted by molar-refractivity contribution is 0.472. The van der Waals surface area contributed by atoms with Crippen molar-refractivity contribution < 1.29 is 44.0 Å². The molecule has 40 heavy (non-hydrogen) atoms. The Hall–Kier alpha value is -4.54. The van der Waals surface area contributed by atoms with Gasteiger partial charge in [-0.3, -0.25) is 13.7 Å². The van der Waals surface area contributed by atoms with Crippen LogP contribution < -0.4 is 16.8 Å². The fraction of sp³-hybridized carbons (Fsp3) is 0. The summed E-state index contributed by atoms with van der Waals surface area (Å²) < 4.78 is 100. The number of aromatic nitrogens is 3. The van der Waals surface area contributed by atoms with Gasteiger partial charge in [-0.05, 0) is 35.7 Å². The van der Waals surface area contributed by atoms with Crippen molar-refractivity contribution >= 4 is 76.0 Å². The average molecular weight is 613 g/mol. The van der Waals surface area contributed by atoms with Gasteiger partial charge in [-0.25, -0.2) is 0 Å². The Bertz CT molecular complexity index is 2030. The van der Waals surface area contributed by atoms with E-state index in [1.807, 2.05) is 0 Å². The van der Waals surface area contributed by atoms with Crippen LogP contribution in [0.2, 0.25) is 0 Å². The molecule has 0 spiro atoms. The normalized spacial score (nSPS) is 12.7. The summed E-state index contributed by atoms with van der Waals surface area (Å²) in [7, 11) is -14.9. The van der Waals surface area contributed by atoms with E-state index in [0.717, 1.165) is 24.3 Å². The van der Waals surface area contributed by atoms with Gasteiger partial charge in [-0.2, -0.15) is 40.2 Å². The molecule has 210 valence electrons.